The standard InChI is InChI=1S/C2H4ClO.CH3O.Mg/c3-1-2-4;1-2;/h1-2H2;1H3;/q2*-1;+2. The van der Waals surface area contributed by atoms with E-state index in [0.717, 1.165) is 7.11 Å². The van der Waals surface area contributed by atoms with Gasteiger partial charge in [0.15, 0.2) is 0 Å². The van der Waals surface area contributed by atoms with Gasteiger partial charge in [-0.15, -0.1) is 18.2 Å². The van der Waals surface area contributed by atoms with Crippen LogP contribution in [0.2, 0.25) is 0 Å². The summed E-state index contributed by atoms with van der Waals surface area (Å²) in [6, 6.07) is 0. The topological polar surface area (TPSA) is 46.1 Å². The molecular weight excluding hydrogens is 128 g/mol. The Hall–Kier alpha value is 0.976. The summed E-state index contributed by atoms with van der Waals surface area (Å²) in [5.74, 6) is 0.236. The minimum atomic E-state index is -0.165. The van der Waals surface area contributed by atoms with Gasteiger partial charge in [-0.05, 0) is 0 Å². The molecule has 0 fully saturated rings. The number of hydrogen-bond donors (Lipinski definition) is 0. The van der Waals surface area contributed by atoms with Gasteiger partial charge in [0.1, 0.15) is 0 Å². The first-order valence-corrected chi connectivity index (χ1v) is 2.00. The van der Waals surface area contributed by atoms with Gasteiger partial charge in [0.25, 0.3) is 0 Å². The van der Waals surface area contributed by atoms with E-state index in [1.807, 2.05) is 0 Å². The van der Waals surface area contributed by atoms with Crippen molar-refractivity contribution in [3.05, 3.63) is 0 Å². The minimum Gasteiger partial charge on any atom is -0.857 e. The predicted molar refractivity (Wildman–Crippen MR) is 27.3 cm³/mol. The third-order valence-electron chi connectivity index (χ3n) is 0.0772. The third kappa shape index (κ3) is 44.2. The molecule has 0 amide bonds. The normalized spacial score (nSPS) is 5.14. The molecule has 0 unspecified atom stereocenters. The van der Waals surface area contributed by atoms with E-state index in [1.165, 1.54) is 0 Å². The first kappa shape index (κ1) is 15.7. The maximum atomic E-state index is 9.17. The number of alkyl halides is 1. The van der Waals surface area contributed by atoms with Gasteiger partial charge in [0.05, 0.1) is 0 Å². The van der Waals surface area contributed by atoms with Gasteiger partial charge in [-0.2, -0.15) is 7.11 Å². The summed E-state index contributed by atoms with van der Waals surface area (Å²) in [6.07, 6.45) is 0. The molecule has 0 bridgehead atoms. The molecule has 0 rings (SSSR count). The first-order chi connectivity index (χ1) is 2.91. The van der Waals surface area contributed by atoms with E-state index >= 15 is 0 Å². The van der Waals surface area contributed by atoms with Gasteiger partial charge >= 0.3 is 23.1 Å². The van der Waals surface area contributed by atoms with E-state index in [1.54, 1.807) is 0 Å². The van der Waals surface area contributed by atoms with Crippen molar-refractivity contribution >= 4 is 34.7 Å². The predicted octanol–water partition coefficient (Wildman–Crippen LogP) is -1.82. The molecule has 0 aromatic carbocycles. The van der Waals surface area contributed by atoms with E-state index in [0.29, 0.717) is 0 Å². The number of halogens is 1. The number of rotatable bonds is 1. The Morgan fingerprint density at radius 3 is 1.57 bits per heavy atom. The average Bonchev–Trinajstić information content (AvgIpc) is 1.72. The molecule has 0 aliphatic heterocycles. The van der Waals surface area contributed by atoms with Gasteiger partial charge in [-0.25, -0.2) is 0 Å². The minimum absolute atomic E-state index is 0. The van der Waals surface area contributed by atoms with Crippen LogP contribution in [0.5, 0.6) is 0 Å². The van der Waals surface area contributed by atoms with Crippen molar-refractivity contribution in [2.75, 3.05) is 19.6 Å². The molecule has 0 aliphatic carbocycles. The van der Waals surface area contributed by atoms with Crippen LogP contribution < -0.4 is 10.2 Å². The van der Waals surface area contributed by atoms with Gasteiger partial charge in [0.2, 0.25) is 0 Å². The molecule has 2 nitrogen and oxygen atoms in total. The van der Waals surface area contributed by atoms with Crippen molar-refractivity contribution < 1.29 is 10.2 Å². The zero-order chi connectivity index (χ0) is 5.41. The molecule has 0 spiro atoms. The second-order valence-electron chi connectivity index (χ2n) is 0.393. The summed E-state index contributed by atoms with van der Waals surface area (Å²) in [4.78, 5) is 0. The second-order valence-corrected chi connectivity index (χ2v) is 0.771. The van der Waals surface area contributed by atoms with Gasteiger partial charge in [-0.1, -0.05) is 0 Å². The Balaban J connectivity index is -0.0000000480. The van der Waals surface area contributed by atoms with E-state index in [2.05, 4.69) is 0 Å². The largest absolute Gasteiger partial charge is 2.00 e. The summed E-state index contributed by atoms with van der Waals surface area (Å²) in [5.41, 5.74) is 0. The maximum absolute atomic E-state index is 9.17. The fourth-order valence-electron chi connectivity index (χ4n) is 0. The quantitative estimate of drug-likeness (QED) is 0.314. The molecular formula is C3H7ClMgO2. The summed E-state index contributed by atoms with van der Waals surface area (Å²) >= 11 is 4.87. The zero-order valence-electron chi connectivity index (χ0n) is 4.32. The van der Waals surface area contributed by atoms with E-state index in [9.17, 15) is 0 Å². The average molecular weight is 135 g/mol. The van der Waals surface area contributed by atoms with Crippen LogP contribution in [-0.4, -0.2) is 42.6 Å². The van der Waals surface area contributed by atoms with Gasteiger partial charge in [-0.3, -0.25) is 0 Å². The van der Waals surface area contributed by atoms with Crippen molar-refractivity contribution in [1.82, 2.24) is 0 Å². The molecule has 0 saturated heterocycles. The zero-order valence-corrected chi connectivity index (χ0v) is 6.49. The van der Waals surface area contributed by atoms with Crippen molar-refractivity contribution in [2.45, 2.75) is 0 Å². The van der Waals surface area contributed by atoms with Gasteiger partial charge in [0, 0.05) is 5.88 Å². The smallest absolute Gasteiger partial charge is 0.857 e. The Labute approximate surface area is 64.6 Å². The van der Waals surface area contributed by atoms with E-state index < -0.39 is 0 Å². The van der Waals surface area contributed by atoms with Crippen LogP contribution in [0.1, 0.15) is 0 Å². The summed E-state index contributed by atoms with van der Waals surface area (Å²) in [6.45, 7) is -0.165. The number of hydrogen-bond acceptors (Lipinski definition) is 2. The van der Waals surface area contributed by atoms with Crippen molar-refractivity contribution in [2.24, 2.45) is 0 Å². The van der Waals surface area contributed by atoms with Gasteiger partial charge < -0.3 is 10.2 Å². The SMILES string of the molecule is C[O-].[Mg+2].[O-]CCCl. The third-order valence-corrected chi connectivity index (χ3v) is 0.231. The Morgan fingerprint density at radius 2 is 1.57 bits per heavy atom. The van der Waals surface area contributed by atoms with Crippen LogP contribution in [0.3, 0.4) is 0 Å². The Bertz CT molecular complexity index is 14.9. The molecule has 0 saturated carbocycles. The molecule has 7 heavy (non-hydrogen) atoms. The van der Waals surface area contributed by atoms with Crippen LogP contribution in [0.25, 0.3) is 0 Å². The fraction of sp³-hybridized carbons (Fsp3) is 1.00. The van der Waals surface area contributed by atoms with E-state index in [-0.39, 0.29) is 35.5 Å². The fourth-order valence-corrected chi connectivity index (χ4v) is 0. The van der Waals surface area contributed by atoms with Crippen molar-refractivity contribution in [3.8, 4) is 0 Å². The summed E-state index contributed by atoms with van der Waals surface area (Å²) in [7, 11) is 0.750. The van der Waals surface area contributed by atoms with Crippen molar-refractivity contribution in [3.63, 3.8) is 0 Å². The van der Waals surface area contributed by atoms with Crippen LogP contribution in [-0.2, 0) is 0 Å². The molecule has 0 heterocycles. The monoisotopic (exact) mass is 134 g/mol. The van der Waals surface area contributed by atoms with Crippen LogP contribution in [0, 0.1) is 0 Å². The molecule has 0 aromatic rings. The Morgan fingerprint density at radius 1 is 1.43 bits per heavy atom. The van der Waals surface area contributed by atoms with E-state index in [4.69, 9.17) is 21.8 Å². The molecule has 0 aromatic heterocycles. The maximum Gasteiger partial charge on any atom is 2.00 e. The molecule has 0 atom stereocenters. The molecule has 4 heteroatoms. The van der Waals surface area contributed by atoms with Crippen molar-refractivity contribution in [1.29, 1.82) is 0 Å². The molecule has 0 N–H and O–H groups in total. The first-order valence-electron chi connectivity index (χ1n) is 1.46. The summed E-state index contributed by atoms with van der Waals surface area (Å²) in [5, 5.41) is 17.4. The molecule has 0 radical (unpaired) electrons. The second kappa shape index (κ2) is 28.1. The summed E-state index contributed by atoms with van der Waals surface area (Å²) < 4.78 is 0. The van der Waals surface area contributed by atoms with Crippen LogP contribution in [0.15, 0.2) is 0 Å². The van der Waals surface area contributed by atoms with Crippen LogP contribution >= 0.6 is 11.6 Å². The molecule has 0 aliphatic rings. The van der Waals surface area contributed by atoms with Crippen LogP contribution in [0.4, 0.5) is 0 Å². The molecule has 40 valence electrons. The Kier molecular flexibility index (Phi) is 63.0.